The van der Waals surface area contributed by atoms with Crippen molar-refractivity contribution in [3.8, 4) is 11.1 Å². The summed E-state index contributed by atoms with van der Waals surface area (Å²) < 4.78 is 0. The fourth-order valence-electron chi connectivity index (χ4n) is 2.99. The first-order valence-corrected chi connectivity index (χ1v) is 7.59. The number of carbonyl (C=O) groups excluding carboxylic acids is 1. The van der Waals surface area contributed by atoms with Crippen molar-refractivity contribution in [1.82, 2.24) is 0 Å². The number of carboxylic acid groups (broad SMARTS) is 1. The zero-order valence-electron chi connectivity index (χ0n) is 13.0. The highest BCUT2D eigenvalue weighted by Gasteiger charge is 2.19. The third-order valence-corrected chi connectivity index (χ3v) is 4.06. The zero-order valence-corrected chi connectivity index (χ0v) is 13.0. The van der Waals surface area contributed by atoms with Crippen LogP contribution in [0, 0.1) is 0 Å². The molecule has 0 aliphatic heterocycles. The molecule has 6 nitrogen and oxygen atoms in total. The Hall–Kier alpha value is -3.15. The minimum Gasteiger partial charge on any atom is -0.478 e. The van der Waals surface area contributed by atoms with Gasteiger partial charge in [0, 0.05) is 12.0 Å². The monoisotopic (exact) mass is 323 g/mol. The largest absolute Gasteiger partial charge is 0.478 e. The molecule has 1 aliphatic rings. The van der Waals surface area contributed by atoms with Gasteiger partial charge in [-0.2, -0.15) is 0 Å². The average Bonchev–Trinajstić information content (AvgIpc) is 2.54. The van der Waals surface area contributed by atoms with E-state index in [1.807, 2.05) is 6.07 Å². The number of hydrogen-bond acceptors (Lipinski definition) is 3. The van der Waals surface area contributed by atoms with Gasteiger partial charge < -0.3 is 16.6 Å². The summed E-state index contributed by atoms with van der Waals surface area (Å²) in [5.74, 6) is -0.995. The summed E-state index contributed by atoms with van der Waals surface area (Å²) in [4.78, 5) is 27.4. The topological polar surface area (TPSA) is 119 Å². The molecular weight excluding hydrogens is 306 g/mol. The molecule has 0 aromatic heterocycles. The molecule has 2 aromatic carbocycles. The molecule has 6 heteroatoms. The number of fused-ring (bicyclic) bond motifs is 1. The number of aliphatic imine (C=N–C) groups is 1. The van der Waals surface area contributed by atoms with Gasteiger partial charge in [0.2, 0.25) is 0 Å². The maximum Gasteiger partial charge on any atom is 0.336 e. The lowest BCUT2D eigenvalue weighted by atomic mass is 9.87. The summed E-state index contributed by atoms with van der Waals surface area (Å²) >= 11 is 0. The minimum absolute atomic E-state index is 0.0972. The van der Waals surface area contributed by atoms with E-state index in [2.05, 4.69) is 4.99 Å². The highest BCUT2D eigenvalue weighted by Crippen LogP contribution is 2.32. The average molecular weight is 323 g/mol. The summed E-state index contributed by atoms with van der Waals surface area (Å²) in [7, 11) is 0. The number of Topliss-reactive ketones (excluding diaryl/α,β-unsaturated/α-hetero) is 1. The Labute approximate surface area is 138 Å². The molecule has 0 unspecified atom stereocenters. The van der Waals surface area contributed by atoms with E-state index >= 15 is 0 Å². The molecule has 0 fully saturated rings. The van der Waals surface area contributed by atoms with Crippen LogP contribution in [-0.2, 0) is 6.42 Å². The fraction of sp³-hybridized carbons (Fsp3) is 0.167. The summed E-state index contributed by atoms with van der Waals surface area (Å²) in [5, 5.41) is 9.44. The van der Waals surface area contributed by atoms with Crippen molar-refractivity contribution in [2.75, 3.05) is 0 Å². The number of aryl methyl sites for hydroxylation is 1. The molecule has 24 heavy (non-hydrogen) atoms. The second-order valence-electron chi connectivity index (χ2n) is 5.72. The number of nitrogens with two attached hydrogens (primary N) is 2. The van der Waals surface area contributed by atoms with Crippen molar-refractivity contribution < 1.29 is 14.7 Å². The van der Waals surface area contributed by atoms with E-state index in [1.54, 1.807) is 24.3 Å². The SMILES string of the molecule is NC(N)=Nc1ccc(C(=O)O)c(-c2ccc3c(c2)CCCC3=O)c1. The van der Waals surface area contributed by atoms with E-state index in [-0.39, 0.29) is 17.3 Å². The summed E-state index contributed by atoms with van der Waals surface area (Å²) in [5.41, 5.74) is 14.3. The molecule has 0 radical (unpaired) electrons. The third kappa shape index (κ3) is 2.99. The molecule has 5 N–H and O–H groups in total. The van der Waals surface area contributed by atoms with Gasteiger partial charge in [0.1, 0.15) is 0 Å². The number of hydrogen-bond donors (Lipinski definition) is 3. The smallest absolute Gasteiger partial charge is 0.336 e. The first kappa shape index (κ1) is 15.7. The Balaban J connectivity index is 2.15. The van der Waals surface area contributed by atoms with Crippen LogP contribution < -0.4 is 11.5 Å². The Kier molecular flexibility index (Phi) is 4.04. The number of carboxylic acids is 1. The Bertz CT molecular complexity index is 868. The van der Waals surface area contributed by atoms with Crippen molar-refractivity contribution in [1.29, 1.82) is 0 Å². The molecule has 0 bridgehead atoms. The Morgan fingerprint density at radius 1 is 1.04 bits per heavy atom. The highest BCUT2D eigenvalue weighted by atomic mass is 16.4. The zero-order chi connectivity index (χ0) is 17.3. The second-order valence-corrected chi connectivity index (χ2v) is 5.72. The van der Waals surface area contributed by atoms with Gasteiger partial charge in [-0.05, 0) is 47.7 Å². The Morgan fingerprint density at radius 2 is 1.83 bits per heavy atom. The Morgan fingerprint density at radius 3 is 2.54 bits per heavy atom. The van der Waals surface area contributed by atoms with Gasteiger partial charge in [0.15, 0.2) is 11.7 Å². The third-order valence-electron chi connectivity index (χ3n) is 4.06. The van der Waals surface area contributed by atoms with E-state index in [0.29, 0.717) is 17.7 Å². The van der Waals surface area contributed by atoms with Gasteiger partial charge in [-0.15, -0.1) is 0 Å². The molecular formula is C18H17N3O3. The second kappa shape index (κ2) is 6.16. The van der Waals surface area contributed by atoms with Crippen molar-refractivity contribution in [2.45, 2.75) is 19.3 Å². The van der Waals surface area contributed by atoms with Crippen LogP contribution in [0.5, 0.6) is 0 Å². The quantitative estimate of drug-likeness (QED) is 0.592. The molecule has 0 spiro atoms. The number of guanidine groups is 1. The minimum atomic E-state index is -1.03. The van der Waals surface area contributed by atoms with Gasteiger partial charge in [-0.25, -0.2) is 9.79 Å². The van der Waals surface area contributed by atoms with Crippen LogP contribution in [0.25, 0.3) is 11.1 Å². The van der Waals surface area contributed by atoms with Gasteiger partial charge in [-0.1, -0.05) is 18.2 Å². The summed E-state index contributed by atoms with van der Waals surface area (Å²) in [6.45, 7) is 0. The molecule has 2 aromatic rings. The number of rotatable bonds is 3. The number of benzene rings is 2. The van der Waals surface area contributed by atoms with Gasteiger partial charge in [0.05, 0.1) is 11.3 Å². The molecule has 0 heterocycles. The van der Waals surface area contributed by atoms with Crippen molar-refractivity contribution in [3.05, 3.63) is 53.1 Å². The number of nitrogens with zero attached hydrogens (tertiary/aromatic N) is 1. The van der Waals surface area contributed by atoms with Gasteiger partial charge in [0.25, 0.3) is 0 Å². The summed E-state index contributed by atoms with van der Waals surface area (Å²) in [6, 6.07) is 10.1. The maximum atomic E-state index is 11.9. The highest BCUT2D eigenvalue weighted by molar-refractivity contribution is 6.00. The van der Waals surface area contributed by atoms with Crippen LogP contribution in [0.15, 0.2) is 41.4 Å². The van der Waals surface area contributed by atoms with E-state index in [9.17, 15) is 14.7 Å². The molecule has 3 rings (SSSR count). The van der Waals surface area contributed by atoms with Crippen LogP contribution in [0.2, 0.25) is 0 Å². The van der Waals surface area contributed by atoms with Crippen LogP contribution in [0.4, 0.5) is 5.69 Å². The van der Waals surface area contributed by atoms with Crippen LogP contribution >= 0.6 is 0 Å². The van der Waals surface area contributed by atoms with Crippen molar-refractivity contribution in [3.63, 3.8) is 0 Å². The van der Waals surface area contributed by atoms with E-state index in [0.717, 1.165) is 29.5 Å². The van der Waals surface area contributed by atoms with E-state index in [4.69, 9.17) is 11.5 Å². The lowest BCUT2D eigenvalue weighted by molar-refractivity contribution is 0.0697. The first-order valence-electron chi connectivity index (χ1n) is 7.59. The standard InChI is InChI=1S/C18H17N3O3/c19-18(20)21-12-5-7-14(17(23)24)15(9-12)11-4-6-13-10(8-11)2-1-3-16(13)22/h4-9H,1-3H2,(H,23,24)(H4,19,20,21). The molecule has 1 aliphatic carbocycles. The van der Waals surface area contributed by atoms with Crippen LogP contribution in [-0.4, -0.2) is 22.8 Å². The van der Waals surface area contributed by atoms with Crippen molar-refractivity contribution >= 4 is 23.4 Å². The predicted molar refractivity (Wildman–Crippen MR) is 91.6 cm³/mol. The number of carbonyl (C=O) groups is 2. The summed E-state index contributed by atoms with van der Waals surface area (Å²) in [6.07, 6.45) is 2.19. The van der Waals surface area contributed by atoms with Gasteiger partial charge >= 0.3 is 5.97 Å². The number of aromatic carboxylic acids is 1. The molecule has 0 atom stereocenters. The fourth-order valence-corrected chi connectivity index (χ4v) is 2.99. The molecule has 0 amide bonds. The molecule has 122 valence electrons. The normalized spacial score (nSPS) is 13.2. The van der Waals surface area contributed by atoms with Crippen molar-refractivity contribution in [2.24, 2.45) is 16.5 Å². The predicted octanol–water partition coefficient (Wildman–Crippen LogP) is 2.48. The first-order chi connectivity index (χ1) is 11.5. The van der Waals surface area contributed by atoms with E-state index in [1.165, 1.54) is 6.07 Å². The van der Waals surface area contributed by atoms with Crippen LogP contribution in [0.3, 0.4) is 0 Å². The molecule has 0 saturated carbocycles. The lowest BCUT2D eigenvalue weighted by Gasteiger charge is -2.16. The van der Waals surface area contributed by atoms with E-state index < -0.39 is 5.97 Å². The lowest BCUT2D eigenvalue weighted by Crippen LogP contribution is -2.21. The molecule has 0 saturated heterocycles. The van der Waals surface area contributed by atoms with Crippen LogP contribution in [0.1, 0.15) is 39.1 Å². The number of ketones is 1. The van der Waals surface area contributed by atoms with Gasteiger partial charge in [-0.3, -0.25) is 4.79 Å². The maximum absolute atomic E-state index is 11.9.